The summed E-state index contributed by atoms with van der Waals surface area (Å²) < 4.78 is 5.65. The van der Waals surface area contributed by atoms with Crippen molar-refractivity contribution in [1.82, 2.24) is 5.32 Å². The first-order valence-corrected chi connectivity index (χ1v) is 8.41. The van der Waals surface area contributed by atoms with Gasteiger partial charge in [-0.3, -0.25) is 4.79 Å². The first kappa shape index (κ1) is 18.5. The van der Waals surface area contributed by atoms with E-state index in [9.17, 15) is 19.8 Å². The molecule has 7 heteroatoms. The third-order valence-corrected chi connectivity index (χ3v) is 4.79. The van der Waals surface area contributed by atoms with E-state index in [-0.39, 0.29) is 23.8 Å². The normalized spacial score (nSPS) is 12.7. The number of benzene rings is 1. The summed E-state index contributed by atoms with van der Waals surface area (Å²) in [5.74, 6) is -0.798. The predicted molar refractivity (Wildman–Crippen MR) is 94.3 cm³/mol. The van der Waals surface area contributed by atoms with Gasteiger partial charge in [0, 0.05) is 11.9 Å². The Bertz CT molecular complexity index is 828. The van der Waals surface area contributed by atoms with Crippen LogP contribution in [0.4, 0.5) is 0 Å². The lowest BCUT2D eigenvalue weighted by atomic mass is 10.0. The van der Waals surface area contributed by atoms with Crippen LogP contribution in [0.3, 0.4) is 0 Å². The minimum atomic E-state index is -0.955. The highest BCUT2D eigenvalue weighted by atomic mass is 79.9. The molecule has 2 aromatic rings. The van der Waals surface area contributed by atoms with Gasteiger partial charge in [0.1, 0.15) is 21.8 Å². The second-order valence-electron chi connectivity index (χ2n) is 6.17. The van der Waals surface area contributed by atoms with Gasteiger partial charge in [-0.2, -0.15) is 0 Å². The number of hydrogen-bond acceptors (Lipinski definition) is 5. The van der Waals surface area contributed by atoms with Crippen LogP contribution in [-0.4, -0.2) is 22.2 Å². The Morgan fingerprint density at radius 3 is 2.62 bits per heavy atom. The van der Waals surface area contributed by atoms with Crippen LogP contribution in [0.1, 0.15) is 31.4 Å². The Labute approximate surface area is 147 Å². The topological polar surface area (TPSA) is 99.8 Å². The van der Waals surface area contributed by atoms with Gasteiger partial charge in [0.2, 0.25) is 0 Å². The van der Waals surface area contributed by atoms with Crippen molar-refractivity contribution < 1.29 is 19.4 Å². The molecule has 1 heterocycles. The summed E-state index contributed by atoms with van der Waals surface area (Å²) in [6.45, 7) is 5.73. The molecule has 0 radical (unpaired) electrons. The third kappa shape index (κ3) is 3.79. The summed E-state index contributed by atoms with van der Waals surface area (Å²) in [6, 6.07) is 2.43. The highest BCUT2D eigenvalue weighted by molar-refractivity contribution is 9.10. The number of phenols is 1. The number of rotatable bonds is 6. The van der Waals surface area contributed by atoms with Crippen LogP contribution in [0.5, 0.6) is 5.75 Å². The molecule has 1 aromatic heterocycles. The van der Waals surface area contributed by atoms with E-state index in [2.05, 4.69) is 21.2 Å². The first-order valence-electron chi connectivity index (χ1n) is 7.62. The van der Waals surface area contributed by atoms with Gasteiger partial charge in [0.05, 0.1) is 5.56 Å². The van der Waals surface area contributed by atoms with Crippen LogP contribution in [-0.2, 0) is 11.3 Å². The minimum Gasteiger partial charge on any atom is -0.507 e. The molecule has 24 heavy (non-hydrogen) atoms. The third-order valence-electron chi connectivity index (χ3n) is 3.87. The number of carbonyl (C=O) groups is 1. The van der Waals surface area contributed by atoms with Crippen LogP contribution in [0.25, 0.3) is 11.0 Å². The lowest BCUT2D eigenvalue weighted by molar-refractivity contribution is -0.140. The van der Waals surface area contributed by atoms with Crippen molar-refractivity contribution in [1.29, 1.82) is 0 Å². The average Bonchev–Trinajstić information content (AvgIpc) is 2.50. The molecule has 0 spiro atoms. The zero-order chi connectivity index (χ0) is 18.0. The van der Waals surface area contributed by atoms with Crippen molar-refractivity contribution >= 4 is 32.9 Å². The zero-order valence-corrected chi connectivity index (χ0v) is 15.3. The average molecular weight is 398 g/mol. The number of hydrogen-bond donors (Lipinski definition) is 3. The van der Waals surface area contributed by atoms with E-state index in [1.165, 1.54) is 6.07 Å². The van der Waals surface area contributed by atoms with Crippen LogP contribution in [0.2, 0.25) is 0 Å². The summed E-state index contributed by atoms with van der Waals surface area (Å²) in [7, 11) is 0. The maximum absolute atomic E-state index is 11.9. The summed E-state index contributed by atoms with van der Waals surface area (Å²) in [5, 5.41) is 23.0. The molecule has 0 bridgehead atoms. The summed E-state index contributed by atoms with van der Waals surface area (Å²) in [4.78, 5) is 23.3. The van der Waals surface area contributed by atoms with E-state index in [1.807, 2.05) is 13.8 Å². The number of phenolic OH excluding ortho intramolecular Hbond substituents is 1. The molecule has 0 aliphatic rings. The van der Waals surface area contributed by atoms with E-state index in [0.29, 0.717) is 27.4 Å². The molecule has 0 unspecified atom stereocenters. The van der Waals surface area contributed by atoms with Gasteiger partial charge in [-0.1, -0.05) is 13.8 Å². The Balaban J connectivity index is 2.43. The van der Waals surface area contributed by atoms with Crippen LogP contribution in [0.15, 0.2) is 25.8 Å². The standard InChI is InChI=1S/C17H20BrNO5/c1-8(2)6-12(16(21)22)19-7-11-13(20)5-4-10-9(3)14(18)17(23)24-15(10)11/h4-5,8,12,19-20H,6-7H2,1-3H3,(H,21,22)/t12-/m0/s1. The molecule has 130 valence electrons. The molecular weight excluding hydrogens is 378 g/mol. The fourth-order valence-corrected chi connectivity index (χ4v) is 2.87. The predicted octanol–water partition coefficient (Wildman–Crippen LogP) is 3.16. The molecule has 0 fully saturated rings. The van der Waals surface area contributed by atoms with Gasteiger partial charge in [-0.15, -0.1) is 0 Å². The Kier molecular flexibility index (Phi) is 5.66. The molecule has 0 saturated carbocycles. The number of aryl methyl sites for hydroxylation is 1. The largest absolute Gasteiger partial charge is 0.507 e. The molecular formula is C17H20BrNO5. The van der Waals surface area contributed by atoms with Crippen molar-refractivity contribution in [2.45, 2.75) is 39.8 Å². The van der Waals surface area contributed by atoms with Crippen molar-refractivity contribution in [3.63, 3.8) is 0 Å². The van der Waals surface area contributed by atoms with Crippen LogP contribution < -0.4 is 10.9 Å². The molecule has 0 aliphatic heterocycles. The van der Waals surface area contributed by atoms with Crippen molar-refractivity contribution in [2.75, 3.05) is 0 Å². The first-order chi connectivity index (χ1) is 11.2. The van der Waals surface area contributed by atoms with E-state index >= 15 is 0 Å². The summed E-state index contributed by atoms with van der Waals surface area (Å²) in [5.41, 5.74) is 0.806. The molecule has 3 N–H and O–H groups in total. The number of halogens is 1. The molecule has 0 amide bonds. The molecule has 1 atom stereocenters. The van der Waals surface area contributed by atoms with Gasteiger partial charge in [0.15, 0.2) is 0 Å². The summed E-state index contributed by atoms with van der Waals surface area (Å²) in [6.07, 6.45) is 0.454. The SMILES string of the molecule is Cc1c(Br)c(=O)oc2c(CN[C@@H](CC(C)C)C(=O)O)c(O)ccc12. The van der Waals surface area contributed by atoms with Gasteiger partial charge < -0.3 is 19.9 Å². The number of fused-ring (bicyclic) bond motifs is 1. The smallest absolute Gasteiger partial charge is 0.350 e. The maximum atomic E-state index is 11.9. The number of nitrogens with one attached hydrogen (secondary N) is 1. The highest BCUT2D eigenvalue weighted by Gasteiger charge is 2.21. The van der Waals surface area contributed by atoms with Gasteiger partial charge >= 0.3 is 11.6 Å². The zero-order valence-electron chi connectivity index (χ0n) is 13.7. The van der Waals surface area contributed by atoms with E-state index in [0.717, 1.165) is 0 Å². The minimum absolute atomic E-state index is 0.0476. The number of carboxylic acid groups (broad SMARTS) is 1. The van der Waals surface area contributed by atoms with Gasteiger partial charge in [-0.25, -0.2) is 4.79 Å². The van der Waals surface area contributed by atoms with E-state index < -0.39 is 17.6 Å². The molecule has 1 aromatic carbocycles. The molecule has 0 aliphatic carbocycles. The Morgan fingerprint density at radius 1 is 1.38 bits per heavy atom. The fourth-order valence-electron chi connectivity index (χ4n) is 2.58. The van der Waals surface area contributed by atoms with Gasteiger partial charge in [-0.05, 0) is 52.9 Å². The van der Waals surface area contributed by atoms with Crippen LogP contribution >= 0.6 is 15.9 Å². The second-order valence-corrected chi connectivity index (χ2v) is 6.96. The highest BCUT2D eigenvalue weighted by Crippen LogP contribution is 2.30. The summed E-state index contributed by atoms with van der Waals surface area (Å²) >= 11 is 3.19. The second kappa shape index (κ2) is 7.36. The van der Waals surface area contributed by atoms with Crippen molar-refractivity contribution in [2.24, 2.45) is 5.92 Å². The fraction of sp³-hybridized carbons (Fsp3) is 0.412. The van der Waals surface area contributed by atoms with E-state index in [4.69, 9.17) is 4.42 Å². The monoisotopic (exact) mass is 397 g/mol. The number of aliphatic carboxylic acids is 1. The number of aromatic hydroxyl groups is 1. The maximum Gasteiger partial charge on any atom is 0.350 e. The molecule has 2 rings (SSSR count). The molecule has 6 nitrogen and oxygen atoms in total. The van der Waals surface area contributed by atoms with Crippen molar-refractivity contribution in [3.05, 3.63) is 38.2 Å². The quantitative estimate of drug-likeness (QED) is 0.647. The van der Waals surface area contributed by atoms with E-state index in [1.54, 1.807) is 13.0 Å². The lowest BCUT2D eigenvalue weighted by Gasteiger charge is -2.17. The van der Waals surface area contributed by atoms with Gasteiger partial charge in [0.25, 0.3) is 0 Å². The van der Waals surface area contributed by atoms with Crippen molar-refractivity contribution in [3.8, 4) is 5.75 Å². The lowest BCUT2D eigenvalue weighted by Crippen LogP contribution is -2.37. The molecule has 0 saturated heterocycles. The number of carboxylic acids is 1. The Hall–Kier alpha value is -1.86. The Morgan fingerprint density at radius 2 is 2.04 bits per heavy atom. The van der Waals surface area contributed by atoms with Crippen LogP contribution in [0, 0.1) is 12.8 Å².